The molecule has 0 radical (unpaired) electrons. The van der Waals surface area contributed by atoms with Gasteiger partial charge in [0.05, 0.1) is 11.4 Å². The van der Waals surface area contributed by atoms with Crippen LogP contribution in [0.1, 0.15) is 23.7 Å². The first-order valence-corrected chi connectivity index (χ1v) is 7.92. The molecule has 1 aliphatic heterocycles. The second-order valence-corrected chi connectivity index (χ2v) is 6.62. The first kappa shape index (κ1) is 13.9. The highest BCUT2D eigenvalue weighted by molar-refractivity contribution is 7.93. The summed E-state index contributed by atoms with van der Waals surface area (Å²) in [6.07, 6.45) is 0.654. The van der Waals surface area contributed by atoms with Gasteiger partial charge in [0.1, 0.15) is 0 Å². The molecule has 19 heavy (non-hydrogen) atoms. The number of hydrogen-bond donors (Lipinski definition) is 0. The van der Waals surface area contributed by atoms with Crippen molar-refractivity contribution in [1.82, 2.24) is 4.90 Å². The van der Waals surface area contributed by atoms with E-state index >= 15 is 0 Å². The second-order valence-electron chi connectivity index (χ2n) is 4.61. The summed E-state index contributed by atoms with van der Waals surface area (Å²) in [5, 5.41) is 0. The van der Waals surface area contributed by atoms with Crippen LogP contribution in [0.15, 0.2) is 24.3 Å². The van der Waals surface area contributed by atoms with Gasteiger partial charge in [-0.2, -0.15) is 0 Å². The third-order valence-electron chi connectivity index (χ3n) is 3.32. The fourth-order valence-corrected chi connectivity index (χ4v) is 3.63. The van der Waals surface area contributed by atoms with Crippen molar-refractivity contribution in [2.24, 2.45) is 0 Å². The van der Waals surface area contributed by atoms with Gasteiger partial charge in [-0.1, -0.05) is 0 Å². The molecule has 2 rings (SSSR count). The van der Waals surface area contributed by atoms with Crippen LogP contribution < -0.4 is 4.31 Å². The SMILES string of the molecule is CCN(C)C(=O)c1ccc(N2CCCS2(=O)=O)cc1. The van der Waals surface area contributed by atoms with Crippen LogP contribution in [-0.4, -0.2) is 45.1 Å². The molecule has 5 nitrogen and oxygen atoms in total. The Bertz CT molecular complexity index is 566. The topological polar surface area (TPSA) is 57.7 Å². The van der Waals surface area contributed by atoms with E-state index in [2.05, 4.69) is 0 Å². The van der Waals surface area contributed by atoms with E-state index in [1.165, 1.54) is 4.31 Å². The molecule has 0 aliphatic carbocycles. The van der Waals surface area contributed by atoms with Gasteiger partial charge >= 0.3 is 0 Å². The minimum absolute atomic E-state index is 0.0571. The van der Waals surface area contributed by atoms with Crippen molar-refractivity contribution in [1.29, 1.82) is 0 Å². The predicted molar refractivity (Wildman–Crippen MR) is 74.8 cm³/mol. The van der Waals surface area contributed by atoms with Crippen LogP contribution >= 0.6 is 0 Å². The van der Waals surface area contributed by atoms with Gasteiger partial charge in [-0.3, -0.25) is 9.10 Å². The number of carbonyl (C=O) groups excluding carboxylic acids is 1. The Morgan fingerprint density at radius 1 is 1.32 bits per heavy atom. The van der Waals surface area contributed by atoms with Gasteiger partial charge in [0.2, 0.25) is 10.0 Å². The predicted octanol–water partition coefficient (Wildman–Crippen LogP) is 1.32. The molecule has 6 heteroatoms. The lowest BCUT2D eigenvalue weighted by Crippen LogP contribution is -2.27. The smallest absolute Gasteiger partial charge is 0.253 e. The molecule has 1 aromatic rings. The van der Waals surface area contributed by atoms with Gasteiger partial charge in [-0.25, -0.2) is 8.42 Å². The van der Waals surface area contributed by atoms with Crippen molar-refractivity contribution in [3.63, 3.8) is 0 Å². The Morgan fingerprint density at radius 2 is 1.95 bits per heavy atom. The molecular formula is C13H18N2O3S. The largest absolute Gasteiger partial charge is 0.342 e. The zero-order valence-electron chi connectivity index (χ0n) is 11.2. The van der Waals surface area contributed by atoms with Crippen LogP contribution in [0.5, 0.6) is 0 Å². The van der Waals surface area contributed by atoms with Crippen LogP contribution in [-0.2, 0) is 10.0 Å². The molecule has 0 saturated carbocycles. The molecule has 0 atom stereocenters. The van der Waals surface area contributed by atoms with Gasteiger partial charge < -0.3 is 4.90 Å². The van der Waals surface area contributed by atoms with Gasteiger partial charge in [-0.05, 0) is 37.6 Å². The minimum atomic E-state index is -3.16. The number of amides is 1. The lowest BCUT2D eigenvalue weighted by Gasteiger charge is -2.18. The highest BCUT2D eigenvalue weighted by Gasteiger charge is 2.28. The van der Waals surface area contributed by atoms with Crippen molar-refractivity contribution < 1.29 is 13.2 Å². The summed E-state index contributed by atoms with van der Waals surface area (Å²) >= 11 is 0. The van der Waals surface area contributed by atoms with Gasteiger partial charge in [0.25, 0.3) is 5.91 Å². The van der Waals surface area contributed by atoms with E-state index in [4.69, 9.17) is 0 Å². The molecule has 1 aliphatic rings. The number of sulfonamides is 1. The molecule has 1 fully saturated rings. The van der Waals surface area contributed by atoms with Gasteiger partial charge in [0, 0.05) is 25.7 Å². The maximum absolute atomic E-state index is 11.9. The first-order valence-electron chi connectivity index (χ1n) is 6.31. The Morgan fingerprint density at radius 3 is 2.42 bits per heavy atom. The normalized spacial score (nSPS) is 17.5. The van der Waals surface area contributed by atoms with Crippen molar-refractivity contribution in [3.05, 3.63) is 29.8 Å². The standard InChI is InChI=1S/C13H18N2O3S/c1-3-14(2)13(16)11-5-7-12(8-6-11)15-9-4-10-19(15,17)18/h5-8H,3-4,9-10H2,1-2H3. The highest BCUT2D eigenvalue weighted by Crippen LogP contribution is 2.24. The van der Waals surface area contributed by atoms with E-state index in [-0.39, 0.29) is 11.7 Å². The van der Waals surface area contributed by atoms with Crippen molar-refractivity contribution >= 4 is 21.6 Å². The van der Waals surface area contributed by atoms with Crippen LogP contribution in [0.3, 0.4) is 0 Å². The van der Waals surface area contributed by atoms with Crippen LogP contribution in [0.4, 0.5) is 5.69 Å². The third kappa shape index (κ3) is 2.73. The monoisotopic (exact) mass is 282 g/mol. The minimum Gasteiger partial charge on any atom is -0.342 e. The Kier molecular flexibility index (Phi) is 3.80. The zero-order valence-corrected chi connectivity index (χ0v) is 12.0. The summed E-state index contributed by atoms with van der Waals surface area (Å²) in [5.74, 6) is 0.144. The van der Waals surface area contributed by atoms with Crippen LogP contribution in [0.25, 0.3) is 0 Å². The number of carbonyl (C=O) groups is 1. The molecule has 104 valence electrons. The van der Waals surface area contributed by atoms with E-state index < -0.39 is 10.0 Å². The maximum atomic E-state index is 11.9. The lowest BCUT2D eigenvalue weighted by atomic mass is 10.2. The average Bonchev–Trinajstić information content (AvgIpc) is 2.77. The molecule has 1 aromatic carbocycles. The Labute approximate surface area is 113 Å². The van der Waals surface area contributed by atoms with Crippen molar-refractivity contribution in [2.75, 3.05) is 30.2 Å². The molecule has 1 heterocycles. The molecule has 0 unspecified atom stereocenters. The van der Waals surface area contributed by atoms with E-state index in [1.807, 2.05) is 6.92 Å². The molecular weight excluding hydrogens is 264 g/mol. The number of anilines is 1. The van der Waals surface area contributed by atoms with Crippen molar-refractivity contribution in [2.45, 2.75) is 13.3 Å². The fourth-order valence-electron chi connectivity index (χ4n) is 2.06. The number of rotatable bonds is 3. The van der Waals surface area contributed by atoms with Crippen molar-refractivity contribution in [3.8, 4) is 0 Å². The number of nitrogens with zero attached hydrogens (tertiary/aromatic N) is 2. The first-order chi connectivity index (χ1) is 8.95. The molecule has 0 spiro atoms. The average molecular weight is 282 g/mol. The van der Waals surface area contributed by atoms with E-state index in [0.717, 1.165) is 0 Å². The summed E-state index contributed by atoms with van der Waals surface area (Å²) in [7, 11) is -1.42. The lowest BCUT2D eigenvalue weighted by molar-refractivity contribution is 0.0802. The number of benzene rings is 1. The maximum Gasteiger partial charge on any atom is 0.253 e. The van der Waals surface area contributed by atoms with Gasteiger partial charge in [0.15, 0.2) is 0 Å². The summed E-state index contributed by atoms with van der Waals surface area (Å²) in [6.45, 7) is 3.06. The molecule has 1 amide bonds. The Hall–Kier alpha value is -1.56. The summed E-state index contributed by atoms with van der Waals surface area (Å²) in [6, 6.07) is 6.74. The summed E-state index contributed by atoms with van der Waals surface area (Å²) < 4.78 is 25.0. The number of hydrogen-bond acceptors (Lipinski definition) is 3. The van der Waals surface area contributed by atoms with E-state index in [0.29, 0.717) is 30.8 Å². The summed E-state index contributed by atoms with van der Waals surface area (Å²) in [4.78, 5) is 13.5. The van der Waals surface area contributed by atoms with Gasteiger partial charge in [-0.15, -0.1) is 0 Å². The fraction of sp³-hybridized carbons (Fsp3) is 0.462. The third-order valence-corrected chi connectivity index (χ3v) is 5.19. The summed E-state index contributed by atoms with van der Waals surface area (Å²) in [5.41, 5.74) is 1.21. The van der Waals surface area contributed by atoms with E-state index in [1.54, 1.807) is 36.2 Å². The van der Waals surface area contributed by atoms with E-state index in [9.17, 15) is 13.2 Å². The molecule has 0 aromatic heterocycles. The molecule has 1 saturated heterocycles. The molecule has 0 bridgehead atoms. The molecule has 0 N–H and O–H groups in total. The van der Waals surface area contributed by atoms with Crippen LogP contribution in [0, 0.1) is 0 Å². The Balaban J connectivity index is 2.22. The van der Waals surface area contributed by atoms with Crippen LogP contribution in [0.2, 0.25) is 0 Å². The quantitative estimate of drug-likeness (QED) is 0.840. The second kappa shape index (κ2) is 5.21. The highest BCUT2D eigenvalue weighted by atomic mass is 32.2. The zero-order chi connectivity index (χ0) is 14.0.